The number of nitrogens with one attached hydrogen (secondary N) is 1. The molecule has 1 aromatic heterocycles. The Hall–Kier alpha value is -2.80. The molecule has 2 aromatic carbocycles. The fourth-order valence-corrected chi connectivity index (χ4v) is 2.93. The Morgan fingerprint density at radius 3 is 2.80 bits per heavy atom. The maximum atomic E-state index is 13.4. The highest BCUT2D eigenvalue weighted by Gasteiger charge is 2.11. The van der Waals surface area contributed by atoms with E-state index in [1.807, 2.05) is 36.6 Å². The van der Waals surface area contributed by atoms with E-state index in [0.717, 1.165) is 29.0 Å². The molecule has 3 rings (SSSR count). The quantitative estimate of drug-likeness (QED) is 0.733. The molecule has 0 saturated heterocycles. The van der Waals surface area contributed by atoms with Crippen molar-refractivity contribution in [3.8, 4) is 17.0 Å². The number of carbonyl (C=O) groups is 1. The van der Waals surface area contributed by atoms with Crippen molar-refractivity contribution in [1.82, 2.24) is 4.98 Å². The lowest BCUT2D eigenvalue weighted by atomic mass is 10.1. The Bertz CT molecular complexity index is 912. The highest BCUT2D eigenvalue weighted by Crippen LogP contribution is 2.27. The molecular formula is C18H14F2N2O2S. The number of carbonyl (C=O) groups excluding carboxylic acids is 1. The van der Waals surface area contributed by atoms with Gasteiger partial charge in [0.25, 0.3) is 5.91 Å². The van der Waals surface area contributed by atoms with Crippen LogP contribution in [0.5, 0.6) is 5.75 Å². The average Bonchev–Trinajstić information content (AvgIpc) is 3.02. The van der Waals surface area contributed by atoms with Crippen molar-refractivity contribution >= 4 is 22.4 Å². The van der Waals surface area contributed by atoms with E-state index >= 15 is 0 Å². The van der Waals surface area contributed by atoms with Crippen molar-refractivity contribution in [1.29, 1.82) is 0 Å². The summed E-state index contributed by atoms with van der Waals surface area (Å²) in [6.45, 7) is 1.58. The Labute approximate surface area is 147 Å². The van der Waals surface area contributed by atoms with Crippen LogP contribution in [0.25, 0.3) is 11.3 Å². The van der Waals surface area contributed by atoms with Gasteiger partial charge in [-0.05, 0) is 24.6 Å². The summed E-state index contributed by atoms with van der Waals surface area (Å²) in [4.78, 5) is 16.3. The van der Waals surface area contributed by atoms with Crippen LogP contribution in [0.2, 0.25) is 0 Å². The van der Waals surface area contributed by atoms with Gasteiger partial charge in [-0.3, -0.25) is 10.1 Å². The second-order valence-corrected chi connectivity index (χ2v) is 6.12. The van der Waals surface area contributed by atoms with Gasteiger partial charge in [0.05, 0.1) is 5.69 Å². The molecule has 1 N–H and O–H groups in total. The Kier molecular flexibility index (Phi) is 5.04. The third-order valence-corrected chi connectivity index (χ3v) is 4.18. The summed E-state index contributed by atoms with van der Waals surface area (Å²) in [7, 11) is 0. The van der Waals surface area contributed by atoms with Gasteiger partial charge in [0, 0.05) is 17.0 Å². The number of thiazole rings is 1. The smallest absolute Gasteiger partial charge is 0.264 e. The number of benzene rings is 2. The molecule has 7 heteroatoms. The molecule has 4 nitrogen and oxygen atoms in total. The molecule has 0 unspecified atom stereocenters. The number of hydrogen-bond acceptors (Lipinski definition) is 4. The van der Waals surface area contributed by atoms with Gasteiger partial charge in [0.2, 0.25) is 0 Å². The number of anilines is 1. The number of aromatic nitrogens is 1. The zero-order valence-electron chi connectivity index (χ0n) is 13.3. The standard InChI is InChI=1S/C18H14F2N2O2S/c1-11-4-2-3-5-13(11)15-10-25-18(21-15)22-17(23)9-24-16-7-6-12(19)8-14(16)20/h2-8,10H,9H2,1H3,(H,21,22,23). The van der Waals surface area contributed by atoms with E-state index in [4.69, 9.17) is 4.74 Å². The third kappa shape index (κ3) is 4.19. The maximum absolute atomic E-state index is 13.4. The van der Waals surface area contributed by atoms with Gasteiger partial charge < -0.3 is 4.74 Å². The van der Waals surface area contributed by atoms with E-state index in [0.29, 0.717) is 11.2 Å². The minimum absolute atomic E-state index is 0.184. The van der Waals surface area contributed by atoms with E-state index in [2.05, 4.69) is 10.3 Å². The predicted molar refractivity (Wildman–Crippen MR) is 92.8 cm³/mol. The summed E-state index contributed by atoms with van der Waals surface area (Å²) in [5.74, 6) is -2.23. The number of amides is 1. The van der Waals surface area contributed by atoms with E-state index in [9.17, 15) is 13.6 Å². The molecule has 1 heterocycles. The van der Waals surface area contributed by atoms with Gasteiger partial charge in [0.1, 0.15) is 5.82 Å². The monoisotopic (exact) mass is 360 g/mol. The number of nitrogens with zero attached hydrogens (tertiary/aromatic N) is 1. The largest absolute Gasteiger partial charge is 0.481 e. The molecule has 0 spiro atoms. The van der Waals surface area contributed by atoms with Gasteiger partial charge in [-0.2, -0.15) is 0 Å². The van der Waals surface area contributed by atoms with E-state index in [1.165, 1.54) is 11.3 Å². The molecule has 0 atom stereocenters. The van der Waals surface area contributed by atoms with Crippen LogP contribution in [0.3, 0.4) is 0 Å². The molecule has 3 aromatic rings. The molecule has 0 bridgehead atoms. The highest BCUT2D eigenvalue weighted by molar-refractivity contribution is 7.14. The Morgan fingerprint density at radius 1 is 1.24 bits per heavy atom. The summed E-state index contributed by atoms with van der Waals surface area (Å²) < 4.78 is 31.3. The normalized spacial score (nSPS) is 10.5. The van der Waals surface area contributed by atoms with Gasteiger partial charge in [-0.1, -0.05) is 24.3 Å². The molecule has 0 radical (unpaired) electrons. The lowest BCUT2D eigenvalue weighted by Crippen LogP contribution is -2.20. The summed E-state index contributed by atoms with van der Waals surface area (Å²) in [5, 5.41) is 4.87. The van der Waals surface area contributed by atoms with Crippen LogP contribution in [0, 0.1) is 18.6 Å². The first-order valence-electron chi connectivity index (χ1n) is 7.42. The van der Waals surface area contributed by atoms with Crippen LogP contribution in [-0.2, 0) is 4.79 Å². The first kappa shape index (κ1) is 17.0. The fourth-order valence-electron chi connectivity index (χ4n) is 2.21. The minimum Gasteiger partial charge on any atom is -0.481 e. The van der Waals surface area contributed by atoms with Crippen molar-refractivity contribution < 1.29 is 18.3 Å². The van der Waals surface area contributed by atoms with E-state index in [1.54, 1.807) is 0 Å². The molecule has 0 saturated carbocycles. The molecule has 0 aliphatic heterocycles. The van der Waals surface area contributed by atoms with Crippen LogP contribution >= 0.6 is 11.3 Å². The number of rotatable bonds is 5. The van der Waals surface area contributed by atoms with Gasteiger partial charge >= 0.3 is 0 Å². The van der Waals surface area contributed by atoms with Crippen LogP contribution in [0.1, 0.15) is 5.56 Å². The summed E-state index contributed by atoms with van der Waals surface area (Å²) in [5.41, 5.74) is 2.84. The topological polar surface area (TPSA) is 51.2 Å². The summed E-state index contributed by atoms with van der Waals surface area (Å²) >= 11 is 1.29. The van der Waals surface area contributed by atoms with E-state index < -0.39 is 24.1 Å². The van der Waals surface area contributed by atoms with Crippen molar-refractivity contribution in [3.63, 3.8) is 0 Å². The second kappa shape index (κ2) is 7.40. The number of ether oxygens (including phenoxy) is 1. The molecule has 25 heavy (non-hydrogen) atoms. The first-order valence-corrected chi connectivity index (χ1v) is 8.30. The number of aryl methyl sites for hydroxylation is 1. The van der Waals surface area contributed by atoms with Crippen LogP contribution in [0.4, 0.5) is 13.9 Å². The van der Waals surface area contributed by atoms with Crippen molar-refractivity contribution in [2.75, 3.05) is 11.9 Å². The number of halogens is 2. The molecule has 128 valence electrons. The molecular weight excluding hydrogens is 346 g/mol. The lowest BCUT2D eigenvalue weighted by molar-refractivity contribution is -0.118. The molecule has 0 fully saturated rings. The Balaban J connectivity index is 1.61. The molecule has 1 amide bonds. The van der Waals surface area contributed by atoms with Crippen molar-refractivity contribution in [3.05, 3.63) is 65.0 Å². The molecule has 0 aliphatic rings. The predicted octanol–water partition coefficient (Wildman–Crippen LogP) is 4.41. The van der Waals surface area contributed by atoms with Gasteiger partial charge in [0.15, 0.2) is 23.3 Å². The fraction of sp³-hybridized carbons (Fsp3) is 0.111. The zero-order chi connectivity index (χ0) is 17.8. The van der Waals surface area contributed by atoms with Crippen LogP contribution in [0.15, 0.2) is 47.8 Å². The first-order chi connectivity index (χ1) is 12.0. The Morgan fingerprint density at radius 2 is 2.04 bits per heavy atom. The number of hydrogen-bond donors (Lipinski definition) is 1. The maximum Gasteiger partial charge on any atom is 0.264 e. The molecule has 0 aliphatic carbocycles. The van der Waals surface area contributed by atoms with Gasteiger partial charge in [-0.15, -0.1) is 11.3 Å². The third-order valence-electron chi connectivity index (χ3n) is 3.42. The van der Waals surface area contributed by atoms with Crippen molar-refractivity contribution in [2.24, 2.45) is 0 Å². The highest BCUT2D eigenvalue weighted by atomic mass is 32.1. The van der Waals surface area contributed by atoms with Crippen molar-refractivity contribution in [2.45, 2.75) is 6.92 Å². The lowest BCUT2D eigenvalue weighted by Gasteiger charge is -2.06. The van der Waals surface area contributed by atoms with Gasteiger partial charge in [-0.25, -0.2) is 13.8 Å². The van der Waals surface area contributed by atoms with Crippen LogP contribution < -0.4 is 10.1 Å². The summed E-state index contributed by atoms with van der Waals surface area (Å²) in [6.07, 6.45) is 0. The zero-order valence-corrected chi connectivity index (χ0v) is 14.1. The second-order valence-electron chi connectivity index (χ2n) is 5.26. The van der Waals surface area contributed by atoms with Crippen LogP contribution in [-0.4, -0.2) is 17.5 Å². The summed E-state index contributed by atoms with van der Waals surface area (Å²) in [6, 6.07) is 10.7. The minimum atomic E-state index is -0.858. The average molecular weight is 360 g/mol. The van der Waals surface area contributed by atoms with E-state index in [-0.39, 0.29) is 5.75 Å². The SMILES string of the molecule is Cc1ccccc1-c1csc(NC(=O)COc2ccc(F)cc2F)n1.